The predicted molar refractivity (Wildman–Crippen MR) is 45.5 cm³/mol. The van der Waals surface area contributed by atoms with Crippen LogP contribution in [0.4, 0.5) is 0 Å². The van der Waals surface area contributed by atoms with E-state index in [1.807, 2.05) is 31.2 Å². The Hall–Kier alpha value is -1.28. The molecule has 0 fully saturated rings. The van der Waals surface area contributed by atoms with Gasteiger partial charge in [0.15, 0.2) is 0 Å². The van der Waals surface area contributed by atoms with E-state index in [4.69, 9.17) is 5.90 Å². The van der Waals surface area contributed by atoms with Crippen LogP contribution in [0.5, 0.6) is 0 Å². The van der Waals surface area contributed by atoms with Gasteiger partial charge in [-0.25, -0.2) is 0 Å². The van der Waals surface area contributed by atoms with E-state index in [0.717, 1.165) is 5.56 Å². The Morgan fingerprint density at radius 2 is 1.91 bits per heavy atom. The molecule has 0 unspecified atom stereocenters. The summed E-state index contributed by atoms with van der Waals surface area (Å²) in [6.07, 6.45) is 0. The molecule has 1 aromatic carbocycles. The number of hydrogen-bond donors (Lipinski definition) is 1. The van der Waals surface area contributed by atoms with Crippen LogP contribution in [0.1, 0.15) is 11.1 Å². The second kappa shape index (κ2) is 3.21. The highest BCUT2D eigenvalue weighted by atomic mass is 16.6. The highest BCUT2D eigenvalue weighted by Crippen LogP contribution is 2.11. The molecule has 0 bridgehead atoms. The first kappa shape index (κ1) is 7.82. The number of benzene rings is 1. The first-order chi connectivity index (χ1) is 5.24. The zero-order valence-corrected chi connectivity index (χ0v) is 6.50. The summed E-state index contributed by atoms with van der Waals surface area (Å²) in [6.45, 7) is 5.65. The summed E-state index contributed by atoms with van der Waals surface area (Å²) in [7, 11) is 0. The molecule has 0 aliphatic carbocycles. The first-order valence-electron chi connectivity index (χ1n) is 3.36. The minimum atomic E-state index is 0.491. The molecule has 0 heterocycles. The Morgan fingerprint density at radius 3 is 2.36 bits per heavy atom. The molecule has 0 saturated heterocycles. The molecule has 2 N–H and O–H groups in total. The second-order valence-electron chi connectivity index (χ2n) is 2.41. The van der Waals surface area contributed by atoms with Crippen LogP contribution in [0.15, 0.2) is 30.8 Å². The molecule has 2 heteroatoms. The summed E-state index contributed by atoms with van der Waals surface area (Å²) in [4.78, 5) is 4.48. The van der Waals surface area contributed by atoms with E-state index < -0.39 is 0 Å². The van der Waals surface area contributed by atoms with Crippen LogP contribution < -0.4 is 5.90 Å². The van der Waals surface area contributed by atoms with E-state index in [-0.39, 0.29) is 0 Å². The van der Waals surface area contributed by atoms with E-state index in [1.54, 1.807) is 0 Å². The van der Waals surface area contributed by atoms with E-state index in [9.17, 15) is 0 Å². The summed E-state index contributed by atoms with van der Waals surface area (Å²) in [5.74, 6) is 5.43. The molecular formula is C9H11NO. The Labute approximate surface area is 66.2 Å². The van der Waals surface area contributed by atoms with E-state index in [2.05, 4.69) is 11.4 Å². The lowest BCUT2D eigenvalue weighted by Gasteiger charge is -2.02. The Morgan fingerprint density at radius 1 is 1.36 bits per heavy atom. The Bertz CT molecular complexity index is 251. The fraction of sp³-hybridized carbons (Fsp3) is 0.111. The lowest BCUT2D eigenvalue weighted by molar-refractivity contribution is 0.292. The first-order valence-corrected chi connectivity index (χ1v) is 3.36. The molecule has 0 spiro atoms. The molecule has 0 aliphatic heterocycles. The summed E-state index contributed by atoms with van der Waals surface area (Å²) in [5, 5.41) is 0. The molecule has 0 amide bonds. The van der Waals surface area contributed by atoms with Crippen molar-refractivity contribution in [2.75, 3.05) is 0 Å². The maximum Gasteiger partial charge on any atom is 0.146 e. The van der Waals surface area contributed by atoms with Gasteiger partial charge in [-0.3, -0.25) is 0 Å². The van der Waals surface area contributed by atoms with Crippen LogP contribution >= 0.6 is 0 Å². The topological polar surface area (TPSA) is 35.2 Å². The molecule has 0 saturated carbocycles. The van der Waals surface area contributed by atoms with Crippen LogP contribution in [0.3, 0.4) is 0 Å². The quantitative estimate of drug-likeness (QED) is 0.514. The maximum absolute atomic E-state index is 4.94. The average molecular weight is 149 g/mol. The molecule has 0 atom stereocenters. The van der Waals surface area contributed by atoms with Gasteiger partial charge in [-0.05, 0) is 6.92 Å². The van der Waals surface area contributed by atoms with Crippen molar-refractivity contribution >= 4 is 5.76 Å². The minimum absolute atomic E-state index is 0.491. The van der Waals surface area contributed by atoms with Gasteiger partial charge in [0.1, 0.15) is 5.76 Å². The number of rotatable bonds is 2. The summed E-state index contributed by atoms with van der Waals surface area (Å²) in [5.41, 5.74) is 2.12. The summed E-state index contributed by atoms with van der Waals surface area (Å²) >= 11 is 0. The zero-order chi connectivity index (χ0) is 8.27. The predicted octanol–water partition coefficient (Wildman–Crippen LogP) is 1.86. The third-order valence-electron chi connectivity index (χ3n) is 1.52. The summed E-state index contributed by atoms with van der Waals surface area (Å²) in [6, 6.07) is 7.81. The number of nitrogens with two attached hydrogens (primary N) is 1. The molecule has 0 aromatic heterocycles. The van der Waals surface area contributed by atoms with Gasteiger partial charge >= 0.3 is 0 Å². The molecule has 1 aromatic rings. The van der Waals surface area contributed by atoms with Gasteiger partial charge in [0.25, 0.3) is 0 Å². The van der Waals surface area contributed by atoms with Crippen molar-refractivity contribution in [3.63, 3.8) is 0 Å². The van der Waals surface area contributed by atoms with Crippen LogP contribution in [0, 0.1) is 6.92 Å². The van der Waals surface area contributed by atoms with Gasteiger partial charge in [0.05, 0.1) is 0 Å². The van der Waals surface area contributed by atoms with Crippen molar-refractivity contribution in [1.29, 1.82) is 0 Å². The van der Waals surface area contributed by atoms with Gasteiger partial charge in [0, 0.05) is 5.56 Å². The van der Waals surface area contributed by atoms with Crippen molar-refractivity contribution < 1.29 is 4.84 Å². The van der Waals surface area contributed by atoms with Gasteiger partial charge < -0.3 is 4.84 Å². The van der Waals surface area contributed by atoms with Crippen LogP contribution in [-0.2, 0) is 4.84 Å². The SMILES string of the molecule is C=C(ON)c1ccc(C)cc1. The molecule has 0 radical (unpaired) electrons. The molecule has 2 nitrogen and oxygen atoms in total. The Balaban J connectivity index is 2.90. The van der Waals surface area contributed by atoms with E-state index in [0.29, 0.717) is 5.76 Å². The van der Waals surface area contributed by atoms with Crippen molar-refractivity contribution in [2.24, 2.45) is 5.90 Å². The monoisotopic (exact) mass is 149 g/mol. The fourth-order valence-corrected chi connectivity index (χ4v) is 0.807. The second-order valence-corrected chi connectivity index (χ2v) is 2.41. The fourth-order valence-electron chi connectivity index (χ4n) is 0.807. The van der Waals surface area contributed by atoms with Crippen LogP contribution in [0.25, 0.3) is 5.76 Å². The third kappa shape index (κ3) is 1.82. The zero-order valence-electron chi connectivity index (χ0n) is 6.50. The van der Waals surface area contributed by atoms with Crippen molar-refractivity contribution in [2.45, 2.75) is 6.92 Å². The van der Waals surface area contributed by atoms with Gasteiger partial charge in [-0.1, -0.05) is 36.4 Å². The summed E-state index contributed by atoms with van der Waals surface area (Å²) < 4.78 is 0. The molecule has 0 aliphatic rings. The smallest absolute Gasteiger partial charge is 0.146 e. The average Bonchev–Trinajstić information content (AvgIpc) is 2.05. The number of hydrogen-bond acceptors (Lipinski definition) is 2. The maximum atomic E-state index is 4.94. The van der Waals surface area contributed by atoms with Crippen LogP contribution in [-0.4, -0.2) is 0 Å². The number of aryl methyl sites for hydroxylation is 1. The lowest BCUT2D eigenvalue weighted by Crippen LogP contribution is -1.96. The van der Waals surface area contributed by atoms with Gasteiger partial charge in [-0.2, -0.15) is 5.90 Å². The molecule has 1 rings (SSSR count). The third-order valence-corrected chi connectivity index (χ3v) is 1.52. The highest BCUT2D eigenvalue weighted by molar-refractivity contribution is 5.57. The molecular weight excluding hydrogens is 138 g/mol. The Kier molecular flexibility index (Phi) is 2.28. The van der Waals surface area contributed by atoms with E-state index >= 15 is 0 Å². The van der Waals surface area contributed by atoms with Crippen molar-refractivity contribution in [1.82, 2.24) is 0 Å². The standard InChI is InChI=1S/C9H11NO/c1-7-3-5-9(6-4-7)8(2)11-10/h3-6H,2,10H2,1H3. The largest absolute Gasteiger partial charge is 0.412 e. The lowest BCUT2D eigenvalue weighted by atomic mass is 10.1. The van der Waals surface area contributed by atoms with Gasteiger partial charge in [0.2, 0.25) is 0 Å². The normalized spacial score (nSPS) is 9.27. The molecule has 58 valence electrons. The highest BCUT2D eigenvalue weighted by Gasteiger charge is 1.95. The van der Waals surface area contributed by atoms with Crippen molar-refractivity contribution in [3.8, 4) is 0 Å². The minimum Gasteiger partial charge on any atom is -0.412 e. The van der Waals surface area contributed by atoms with Crippen LogP contribution in [0.2, 0.25) is 0 Å². The van der Waals surface area contributed by atoms with Gasteiger partial charge in [-0.15, -0.1) is 0 Å². The van der Waals surface area contributed by atoms with E-state index in [1.165, 1.54) is 5.56 Å². The molecule has 11 heavy (non-hydrogen) atoms. The van der Waals surface area contributed by atoms with Crippen molar-refractivity contribution in [3.05, 3.63) is 42.0 Å².